The van der Waals surface area contributed by atoms with E-state index in [4.69, 9.17) is 10.00 Å². The summed E-state index contributed by atoms with van der Waals surface area (Å²) in [5.74, 6) is 0.307. The number of hydrogen-bond acceptors (Lipinski definition) is 5. The number of nitrogens with zero attached hydrogens (tertiary/aromatic N) is 3. The summed E-state index contributed by atoms with van der Waals surface area (Å²) in [5.41, 5.74) is -0.123. The summed E-state index contributed by atoms with van der Waals surface area (Å²) >= 11 is 0. The minimum atomic E-state index is -1.36. The van der Waals surface area contributed by atoms with Gasteiger partial charge in [-0.1, -0.05) is 0 Å². The molecule has 1 aromatic heterocycles. The summed E-state index contributed by atoms with van der Waals surface area (Å²) in [4.78, 5) is 18.2. The maximum absolute atomic E-state index is 12.6. The molecule has 7 heteroatoms. The predicted octanol–water partition coefficient (Wildman–Crippen LogP) is 2.85. The molecule has 1 aliphatic rings. The van der Waals surface area contributed by atoms with Crippen molar-refractivity contribution in [1.29, 1.82) is 5.26 Å². The highest BCUT2D eigenvalue weighted by molar-refractivity contribution is 7.85. The predicted molar refractivity (Wildman–Crippen MR) is 90.8 cm³/mol. The Balaban J connectivity index is 2.09. The van der Waals surface area contributed by atoms with Crippen molar-refractivity contribution in [3.05, 3.63) is 23.9 Å². The van der Waals surface area contributed by atoms with Gasteiger partial charge in [0.15, 0.2) is 0 Å². The smallest absolute Gasteiger partial charge is 0.410 e. The van der Waals surface area contributed by atoms with Crippen LogP contribution in [0.1, 0.15) is 45.6 Å². The second kappa shape index (κ2) is 7.75. The van der Waals surface area contributed by atoms with Gasteiger partial charge >= 0.3 is 6.09 Å². The van der Waals surface area contributed by atoms with E-state index in [1.807, 2.05) is 26.8 Å². The number of rotatable bonds is 3. The summed E-state index contributed by atoms with van der Waals surface area (Å²) in [6.07, 6.45) is 3.83. The molecule has 0 N–H and O–H groups in total. The van der Waals surface area contributed by atoms with E-state index >= 15 is 0 Å². The second-order valence-corrected chi connectivity index (χ2v) is 8.27. The molecule has 6 nitrogen and oxygen atoms in total. The third-order valence-electron chi connectivity index (χ3n) is 3.70. The number of ether oxygens (including phenoxy) is 1. The van der Waals surface area contributed by atoms with Crippen LogP contribution in [0.25, 0.3) is 0 Å². The van der Waals surface area contributed by atoms with Crippen LogP contribution in [0.2, 0.25) is 0 Å². The number of piperidine rings is 1. The van der Waals surface area contributed by atoms with Gasteiger partial charge in [-0.2, -0.15) is 5.26 Å². The molecule has 2 rings (SSSR count). The molecule has 2 heterocycles. The first-order valence-corrected chi connectivity index (χ1v) is 9.36. The maximum atomic E-state index is 12.6. The van der Waals surface area contributed by atoms with Gasteiger partial charge in [-0.3, -0.25) is 4.21 Å². The van der Waals surface area contributed by atoms with E-state index in [1.165, 1.54) is 12.3 Å². The highest BCUT2D eigenvalue weighted by Crippen LogP contribution is 2.22. The van der Waals surface area contributed by atoms with Crippen molar-refractivity contribution in [1.82, 2.24) is 9.88 Å². The molecular weight excluding hydrogens is 326 g/mol. The van der Waals surface area contributed by atoms with Gasteiger partial charge in [0, 0.05) is 18.8 Å². The van der Waals surface area contributed by atoms with Crippen molar-refractivity contribution in [3.63, 3.8) is 0 Å². The van der Waals surface area contributed by atoms with Gasteiger partial charge in [0.05, 0.1) is 28.2 Å². The average molecular weight is 349 g/mol. The fourth-order valence-corrected chi connectivity index (χ4v) is 3.90. The molecule has 2 unspecified atom stereocenters. The Bertz CT molecular complexity index is 664. The molecule has 1 aromatic rings. The monoisotopic (exact) mass is 349 g/mol. The molecule has 0 spiro atoms. The van der Waals surface area contributed by atoms with Gasteiger partial charge in [-0.05, 0) is 52.2 Å². The van der Waals surface area contributed by atoms with Gasteiger partial charge in [0.2, 0.25) is 0 Å². The van der Waals surface area contributed by atoms with Crippen molar-refractivity contribution in [2.24, 2.45) is 0 Å². The Kier molecular flexibility index (Phi) is 5.94. The van der Waals surface area contributed by atoms with Crippen LogP contribution in [0.3, 0.4) is 0 Å². The lowest BCUT2D eigenvalue weighted by atomic mass is 10.0. The first-order chi connectivity index (χ1) is 11.3. The van der Waals surface area contributed by atoms with E-state index in [-0.39, 0.29) is 12.1 Å². The number of amides is 1. The minimum Gasteiger partial charge on any atom is -0.444 e. The Morgan fingerprint density at radius 2 is 2.25 bits per heavy atom. The molecule has 1 fully saturated rings. The summed E-state index contributed by atoms with van der Waals surface area (Å²) in [6, 6.07) is 5.00. The number of aromatic nitrogens is 1. The lowest BCUT2D eigenvalue weighted by Crippen LogP contribution is -2.48. The highest BCUT2D eigenvalue weighted by atomic mass is 32.2. The van der Waals surface area contributed by atoms with Gasteiger partial charge < -0.3 is 9.64 Å². The number of pyridine rings is 1. The number of hydrogen-bond donors (Lipinski definition) is 0. The molecule has 1 saturated heterocycles. The lowest BCUT2D eigenvalue weighted by molar-refractivity contribution is 0.0125. The van der Waals surface area contributed by atoms with Crippen LogP contribution < -0.4 is 0 Å². The summed E-state index contributed by atoms with van der Waals surface area (Å²) in [7, 11) is -1.36. The summed E-state index contributed by atoms with van der Waals surface area (Å²) in [5, 5.41) is 9.32. The quantitative estimate of drug-likeness (QED) is 0.838. The molecule has 1 amide bonds. The van der Waals surface area contributed by atoms with Crippen LogP contribution in [0.5, 0.6) is 0 Å². The topological polar surface area (TPSA) is 83.3 Å². The van der Waals surface area contributed by atoms with Crippen molar-refractivity contribution in [3.8, 4) is 6.07 Å². The van der Waals surface area contributed by atoms with Crippen molar-refractivity contribution in [2.45, 2.75) is 56.7 Å². The van der Waals surface area contributed by atoms with Crippen LogP contribution in [0, 0.1) is 11.3 Å². The summed E-state index contributed by atoms with van der Waals surface area (Å²) < 4.78 is 18.1. The minimum absolute atomic E-state index is 0.137. The summed E-state index contributed by atoms with van der Waals surface area (Å²) in [6.45, 7) is 6.11. The lowest BCUT2D eigenvalue weighted by Gasteiger charge is -2.36. The van der Waals surface area contributed by atoms with Crippen molar-refractivity contribution in [2.75, 3.05) is 12.3 Å². The van der Waals surface area contributed by atoms with E-state index in [9.17, 15) is 9.00 Å². The van der Waals surface area contributed by atoms with Crippen molar-refractivity contribution >= 4 is 16.9 Å². The Labute approximate surface area is 145 Å². The molecule has 0 bridgehead atoms. The Morgan fingerprint density at radius 1 is 1.50 bits per heavy atom. The van der Waals surface area contributed by atoms with Gasteiger partial charge in [-0.25, -0.2) is 9.78 Å². The Hall–Kier alpha value is -1.94. The number of carbonyl (C=O) groups is 1. The zero-order valence-electron chi connectivity index (χ0n) is 14.3. The molecule has 1 aliphatic heterocycles. The van der Waals surface area contributed by atoms with E-state index in [0.717, 1.165) is 19.3 Å². The molecule has 0 saturated carbocycles. The van der Waals surface area contributed by atoms with E-state index in [1.54, 1.807) is 11.0 Å². The standard InChI is InChI=1S/C17H23N3O3S/c1-17(2,3)23-16(21)20-9-5-4-6-14(20)12-24(22)15-10-13(11-18)7-8-19-15/h7-8,10,14H,4-6,9,12H2,1-3H3. The average Bonchev–Trinajstić information content (AvgIpc) is 2.53. The number of nitriles is 1. The first kappa shape index (κ1) is 18.4. The highest BCUT2D eigenvalue weighted by Gasteiger charge is 2.31. The molecule has 24 heavy (non-hydrogen) atoms. The molecule has 0 radical (unpaired) electrons. The maximum Gasteiger partial charge on any atom is 0.410 e. The van der Waals surface area contributed by atoms with Gasteiger partial charge in [0.25, 0.3) is 0 Å². The second-order valence-electron chi connectivity index (χ2n) is 6.83. The molecular formula is C17H23N3O3S. The number of carbonyl (C=O) groups excluding carboxylic acids is 1. The van der Waals surface area contributed by atoms with E-state index in [2.05, 4.69) is 4.98 Å². The normalized spacial score (nSPS) is 19.4. The van der Waals surface area contributed by atoms with Gasteiger partial charge in [-0.15, -0.1) is 0 Å². The number of likely N-dealkylation sites (tertiary alicyclic amines) is 1. The molecule has 0 aromatic carbocycles. The van der Waals surface area contributed by atoms with Crippen LogP contribution in [-0.2, 0) is 15.5 Å². The molecule has 130 valence electrons. The zero-order valence-corrected chi connectivity index (χ0v) is 15.1. The van der Waals surface area contributed by atoms with Crippen molar-refractivity contribution < 1.29 is 13.7 Å². The zero-order chi connectivity index (χ0) is 17.7. The molecule has 2 atom stereocenters. The molecule has 0 aliphatic carbocycles. The fourth-order valence-electron chi connectivity index (χ4n) is 2.60. The van der Waals surface area contributed by atoms with Crippen LogP contribution in [0.15, 0.2) is 23.4 Å². The first-order valence-electron chi connectivity index (χ1n) is 8.04. The third kappa shape index (κ3) is 5.03. The Morgan fingerprint density at radius 3 is 2.92 bits per heavy atom. The van der Waals surface area contributed by atoms with E-state index < -0.39 is 16.4 Å². The van der Waals surface area contributed by atoms with E-state index in [0.29, 0.717) is 22.9 Å². The van der Waals surface area contributed by atoms with Crippen LogP contribution in [0.4, 0.5) is 4.79 Å². The fraction of sp³-hybridized carbons (Fsp3) is 0.588. The van der Waals surface area contributed by atoms with Crippen LogP contribution >= 0.6 is 0 Å². The SMILES string of the molecule is CC(C)(C)OC(=O)N1CCCCC1CS(=O)c1cc(C#N)ccn1. The largest absolute Gasteiger partial charge is 0.444 e. The van der Waals surface area contributed by atoms with Gasteiger partial charge in [0.1, 0.15) is 10.6 Å². The van der Waals surface area contributed by atoms with Crippen LogP contribution in [-0.4, -0.2) is 44.1 Å². The third-order valence-corrected chi connectivity index (χ3v) is 5.07.